The molecule has 1 aromatic heterocycles. The molecule has 0 saturated heterocycles. The summed E-state index contributed by atoms with van der Waals surface area (Å²) in [7, 11) is -2.80. The molecular formula is C20H21FN6OS. The Morgan fingerprint density at radius 3 is 2.90 bits per heavy atom. The third-order valence-corrected chi connectivity index (χ3v) is 7.82. The van der Waals surface area contributed by atoms with Crippen LogP contribution in [0.3, 0.4) is 0 Å². The number of nitrogens with two attached hydrogens (primary N) is 1. The molecule has 0 spiro atoms. The third kappa shape index (κ3) is 3.44. The first kappa shape index (κ1) is 19.3. The molecule has 2 aromatic rings. The summed E-state index contributed by atoms with van der Waals surface area (Å²) in [5.41, 5.74) is 7.13. The summed E-state index contributed by atoms with van der Waals surface area (Å²) >= 11 is 0. The van der Waals surface area contributed by atoms with E-state index in [1.54, 1.807) is 35.6 Å². The van der Waals surface area contributed by atoms with E-state index < -0.39 is 21.3 Å². The van der Waals surface area contributed by atoms with Crippen molar-refractivity contribution >= 4 is 15.9 Å². The minimum atomic E-state index is -2.80. The lowest BCUT2D eigenvalue weighted by molar-refractivity contribution is 0.464. The summed E-state index contributed by atoms with van der Waals surface area (Å²) in [4.78, 5) is 8.63. The first-order valence-corrected chi connectivity index (χ1v) is 11.0. The Morgan fingerprint density at radius 2 is 2.10 bits per heavy atom. The lowest BCUT2D eigenvalue weighted by atomic mass is 9.91. The van der Waals surface area contributed by atoms with Crippen LogP contribution in [0.5, 0.6) is 0 Å². The summed E-state index contributed by atoms with van der Waals surface area (Å²) in [5.74, 6) is -0.257. The van der Waals surface area contributed by atoms with Crippen LogP contribution in [-0.4, -0.2) is 38.3 Å². The molecule has 0 saturated carbocycles. The molecule has 9 heteroatoms. The maximum atomic E-state index is 14.9. The van der Waals surface area contributed by atoms with Crippen LogP contribution in [0.2, 0.25) is 0 Å². The highest BCUT2D eigenvalue weighted by Crippen LogP contribution is 2.37. The fourth-order valence-corrected chi connectivity index (χ4v) is 6.29. The molecule has 2 N–H and O–H groups in total. The van der Waals surface area contributed by atoms with Crippen LogP contribution < -0.4 is 5.73 Å². The summed E-state index contributed by atoms with van der Waals surface area (Å²) < 4.78 is 34.5. The van der Waals surface area contributed by atoms with Gasteiger partial charge in [-0.2, -0.15) is 5.26 Å². The maximum absolute atomic E-state index is 14.9. The lowest BCUT2D eigenvalue weighted by Crippen LogP contribution is -2.52. The number of nitriles is 1. The zero-order chi connectivity index (χ0) is 20.6. The summed E-state index contributed by atoms with van der Waals surface area (Å²) in [6.45, 7) is 2.76. The van der Waals surface area contributed by atoms with E-state index in [9.17, 15) is 8.60 Å². The predicted molar refractivity (Wildman–Crippen MR) is 110 cm³/mol. The Balaban J connectivity index is 1.84. The van der Waals surface area contributed by atoms with Gasteiger partial charge in [0.15, 0.2) is 0 Å². The van der Waals surface area contributed by atoms with Crippen LogP contribution in [-0.2, 0) is 15.5 Å². The molecule has 4 rings (SSSR count). The Kier molecular flexibility index (Phi) is 4.74. The van der Waals surface area contributed by atoms with Gasteiger partial charge < -0.3 is 5.73 Å². The standard InChI is InChI=1S/C20H21FN6OS/c1-20(13-29(28)25-6-2-3-7-27(29)19(23)26-20)17-9-15(4-5-18(17)21)16-8-14(10-22)11-24-12-16/h4-5,8-9,11-12H,2-3,6-7,13H2,1H3,(H2,23,26)/t20-,29+/m0/s1. The lowest BCUT2D eigenvalue weighted by Gasteiger charge is -2.38. The number of guanidine groups is 1. The van der Waals surface area contributed by atoms with Crippen molar-refractivity contribution < 1.29 is 8.60 Å². The fraction of sp³-hybridized carbons (Fsp3) is 0.350. The van der Waals surface area contributed by atoms with Crippen LogP contribution in [0.15, 0.2) is 46.0 Å². The summed E-state index contributed by atoms with van der Waals surface area (Å²) in [6.07, 6.45) is 4.75. The highest BCUT2D eigenvalue weighted by molar-refractivity contribution is 7.92. The number of hydrogen-bond acceptors (Lipinski definition) is 6. The summed E-state index contributed by atoms with van der Waals surface area (Å²) in [5, 5.41) is 9.11. The molecule has 7 nitrogen and oxygen atoms in total. The number of nitrogens with zero attached hydrogens (tertiary/aromatic N) is 5. The van der Waals surface area contributed by atoms with Gasteiger partial charge in [-0.3, -0.25) is 9.29 Å². The Hall–Kier alpha value is -2.99. The number of benzene rings is 1. The largest absolute Gasteiger partial charge is 0.369 e. The molecule has 2 atom stereocenters. The Labute approximate surface area is 169 Å². The van der Waals surface area contributed by atoms with Crippen LogP contribution in [0.4, 0.5) is 4.39 Å². The van der Waals surface area contributed by atoms with Gasteiger partial charge in [0.05, 0.1) is 17.9 Å². The average Bonchev–Trinajstić information content (AvgIpc) is 2.89. The Bertz CT molecular complexity index is 1160. The van der Waals surface area contributed by atoms with E-state index >= 15 is 0 Å². The molecule has 0 radical (unpaired) electrons. The van der Waals surface area contributed by atoms with E-state index in [-0.39, 0.29) is 11.7 Å². The molecular weight excluding hydrogens is 391 g/mol. The van der Waals surface area contributed by atoms with Crippen LogP contribution in [0.1, 0.15) is 30.9 Å². The molecule has 2 aliphatic rings. The number of aromatic nitrogens is 1. The van der Waals surface area contributed by atoms with Crippen molar-refractivity contribution in [3.63, 3.8) is 0 Å². The topological polar surface area (TPSA) is 108 Å². The number of aliphatic imine (C=N–C) groups is 1. The normalized spacial score (nSPS) is 26.5. The fourth-order valence-electron chi connectivity index (χ4n) is 3.79. The smallest absolute Gasteiger partial charge is 0.204 e. The van der Waals surface area contributed by atoms with Gasteiger partial charge in [0.25, 0.3) is 0 Å². The molecule has 3 heterocycles. The van der Waals surface area contributed by atoms with E-state index in [1.807, 2.05) is 0 Å². The molecule has 0 unspecified atom stereocenters. The van der Waals surface area contributed by atoms with Crippen molar-refractivity contribution in [1.29, 1.82) is 5.26 Å². The number of halogens is 1. The van der Waals surface area contributed by atoms with Crippen molar-refractivity contribution in [3.05, 3.63) is 53.6 Å². The second-order valence-corrected chi connectivity index (χ2v) is 9.63. The molecule has 1 aromatic carbocycles. The van der Waals surface area contributed by atoms with Gasteiger partial charge in [-0.1, -0.05) is 6.07 Å². The average molecular weight is 412 g/mol. The highest BCUT2D eigenvalue weighted by Gasteiger charge is 2.42. The van der Waals surface area contributed by atoms with Gasteiger partial charge >= 0.3 is 0 Å². The van der Waals surface area contributed by atoms with E-state index in [1.165, 1.54) is 12.3 Å². The van der Waals surface area contributed by atoms with Gasteiger partial charge in [0, 0.05) is 30.1 Å². The van der Waals surface area contributed by atoms with E-state index in [2.05, 4.69) is 20.4 Å². The Morgan fingerprint density at radius 1 is 1.28 bits per heavy atom. The molecule has 0 amide bonds. The number of pyridine rings is 1. The second kappa shape index (κ2) is 7.12. The van der Waals surface area contributed by atoms with Gasteiger partial charge in [0.2, 0.25) is 5.96 Å². The minimum Gasteiger partial charge on any atom is -0.369 e. The highest BCUT2D eigenvalue weighted by atomic mass is 32.2. The molecule has 0 bridgehead atoms. The predicted octanol–water partition coefficient (Wildman–Crippen LogP) is 2.78. The molecule has 2 aliphatic heterocycles. The first-order valence-electron chi connectivity index (χ1n) is 9.34. The zero-order valence-corrected chi connectivity index (χ0v) is 16.8. The zero-order valence-electron chi connectivity index (χ0n) is 16.0. The maximum Gasteiger partial charge on any atom is 0.204 e. The first-order chi connectivity index (χ1) is 13.8. The molecule has 0 aliphatic carbocycles. The van der Waals surface area contributed by atoms with Gasteiger partial charge in [-0.25, -0.2) is 18.0 Å². The minimum absolute atomic E-state index is 0.0670. The summed E-state index contributed by atoms with van der Waals surface area (Å²) in [6, 6.07) is 8.38. The van der Waals surface area contributed by atoms with Crippen molar-refractivity contribution in [2.45, 2.75) is 25.3 Å². The van der Waals surface area contributed by atoms with Crippen LogP contribution in [0.25, 0.3) is 11.1 Å². The number of fused-ring (bicyclic) bond motifs is 1. The number of hydrogen-bond donors (Lipinski definition) is 1. The number of rotatable bonds is 2. The van der Waals surface area contributed by atoms with Crippen LogP contribution in [0, 0.1) is 17.1 Å². The van der Waals surface area contributed by atoms with Crippen LogP contribution >= 0.6 is 0 Å². The van der Waals surface area contributed by atoms with Crippen molar-refractivity contribution in [3.8, 4) is 17.2 Å². The van der Waals surface area contributed by atoms with Gasteiger partial charge in [-0.15, -0.1) is 0 Å². The second-order valence-electron chi connectivity index (χ2n) is 7.43. The monoisotopic (exact) mass is 412 g/mol. The quantitative estimate of drug-likeness (QED) is 0.818. The van der Waals surface area contributed by atoms with Gasteiger partial charge in [-0.05, 0) is 43.5 Å². The molecule has 150 valence electrons. The SMILES string of the molecule is C[C@@]1(c2cc(-c3cncc(C#N)c3)ccc2F)C[S@@]2(=O)=NCCCCN2C(N)=N1. The van der Waals surface area contributed by atoms with E-state index in [4.69, 9.17) is 11.0 Å². The molecule has 0 fully saturated rings. The van der Waals surface area contributed by atoms with Crippen molar-refractivity contribution in [2.75, 3.05) is 18.8 Å². The van der Waals surface area contributed by atoms with E-state index in [0.717, 1.165) is 12.8 Å². The van der Waals surface area contributed by atoms with Crippen molar-refractivity contribution in [2.24, 2.45) is 15.1 Å². The third-order valence-electron chi connectivity index (χ3n) is 5.24. The van der Waals surface area contributed by atoms with Gasteiger partial charge in [0.1, 0.15) is 27.3 Å². The van der Waals surface area contributed by atoms with E-state index in [0.29, 0.717) is 35.3 Å². The van der Waals surface area contributed by atoms with Crippen molar-refractivity contribution in [1.82, 2.24) is 9.29 Å². The molecule has 29 heavy (non-hydrogen) atoms.